The van der Waals surface area contributed by atoms with Crippen molar-refractivity contribution in [3.63, 3.8) is 0 Å². The summed E-state index contributed by atoms with van der Waals surface area (Å²) < 4.78 is 0. The van der Waals surface area contributed by atoms with Gasteiger partial charge in [-0.15, -0.1) is 0 Å². The molecule has 1 saturated carbocycles. The maximum absolute atomic E-state index is 12.9. The molecule has 1 fully saturated rings. The Morgan fingerprint density at radius 3 is 2.59 bits per heavy atom. The fourth-order valence-electron chi connectivity index (χ4n) is 3.43. The predicted molar refractivity (Wildman–Crippen MR) is 90.2 cm³/mol. The van der Waals surface area contributed by atoms with Gasteiger partial charge >= 0.3 is 0 Å². The van der Waals surface area contributed by atoms with E-state index in [1.54, 1.807) is 0 Å². The summed E-state index contributed by atoms with van der Waals surface area (Å²) >= 11 is 0. The number of rotatable bonds is 2. The van der Waals surface area contributed by atoms with Gasteiger partial charge in [0.1, 0.15) is 0 Å². The summed E-state index contributed by atoms with van der Waals surface area (Å²) in [6, 6.07) is 8.57. The Morgan fingerprint density at radius 2 is 1.86 bits per heavy atom. The van der Waals surface area contributed by atoms with Crippen molar-refractivity contribution in [2.45, 2.75) is 52.0 Å². The number of hydrogen-bond donors (Lipinski definition) is 0. The Morgan fingerprint density at radius 1 is 1.14 bits per heavy atom. The smallest absolute Gasteiger partial charge is 0.255 e. The second kappa shape index (κ2) is 6.07. The molecule has 3 nitrogen and oxygen atoms in total. The Bertz CT molecular complexity index is 702. The van der Waals surface area contributed by atoms with Crippen LogP contribution in [0.1, 0.15) is 53.7 Å². The first kappa shape index (κ1) is 15.0. The van der Waals surface area contributed by atoms with Gasteiger partial charge in [0, 0.05) is 18.5 Å². The maximum Gasteiger partial charge on any atom is 0.255 e. The molecule has 1 aliphatic carbocycles. The third-order valence-corrected chi connectivity index (χ3v) is 4.83. The minimum Gasteiger partial charge on any atom is -0.339 e. The molecule has 3 rings (SSSR count). The summed E-state index contributed by atoms with van der Waals surface area (Å²) in [6.07, 6.45) is 6.02. The van der Waals surface area contributed by atoms with E-state index in [9.17, 15) is 4.79 Å². The average Bonchev–Trinajstić information content (AvgIpc) is 2.54. The van der Waals surface area contributed by atoms with Gasteiger partial charge in [0.2, 0.25) is 0 Å². The quantitative estimate of drug-likeness (QED) is 0.829. The number of benzene rings is 1. The van der Waals surface area contributed by atoms with Crippen LogP contribution < -0.4 is 0 Å². The first-order chi connectivity index (χ1) is 10.6. The highest BCUT2D eigenvalue weighted by molar-refractivity contribution is 5.98. The molecule has 1 aromatic heterocycles. The zero-order valence-electron chi connectivity index (χ0n) is 13.7. The fraction of sp³-hybridized carbons (Fsp3) is 0.474. The van der Waals surface area contributed by atoms with Crippen molar-refractivity contribution in [1.29, 1.82) is 0 Å². The van der Waals surface area contributed by atoms with E-state index in [4.69, 9.17) is 0 Å². The molecule has 1 aliphatic rings. The molecule has 116 valence electrons. The highest BCUT2D eigenvalue weighted by atomic mass is 16.2. The van der Waals surface area contributed by atoms with E-state index in [-0.39, 0.29) is 5.91 Å². The Balaban J connectivity index is 1.93. The lowest BCUT2D eigenvalue weighted by atomic mass is 9.94. The first-order valence-electron chi connectivity index (χ1n) is 8.21. The lowest BCUT2D eigenvalue weighted by molar-refractivity contribution is 0.0695. The van der Waals surface area contributed by atoms with Crippen molar-refractivity contribution >= 4 is 16.8 Å². The summed E-state index contributed by atoms with van der Waals surface area (Å²) in [4.78, 5) is 19.4. The molecule has 0 bridgehead atoms. The Kier molecular flexibility index (Phi) is 4.14. The monoisotopic (exact) mass is 296 g/mol. The molecule has 0 saturated heterocycles. The summed E-state index contributed by atoms with van der Waals surface area (Å²) in [5, 5.41) is 1.05. The Hall–Kier alpha value is -1.90. The van der Waals surface area contributed by atoms with Crippen LogP contribution in [0.25, 0.3) is 10.9 Å². The van der Waals surface area contributed by atoms with Crippen LogP contribution in [0, 0.1) is 13.8 Å². The Labute approximate surface area is 132 Å². The van der Waals surface area contributed by atoms with Gasteiger partial charge in [0.05, 0.1) is 16.8 Å². The van der Waals surface area contributed by atoms with Gasteiger partial charge in [-0.05, 0) is 44.9 Å². The number of hydrogen-bond acceptors (Lipinski definition) is 2. The lowest BCUT2D eigenvalue weighted by Crippen LogP contribution is -2.38. The van der Waals surface area contributed by atoms with Gasteiger partial charge in [-0.3, -0.25) is 9.78 Å². The van der Waals surface area contributed by atoms with E-state index >= 15 is 0 Å². The average molecular weight is 296 g/mol. The van der Waals surface area contributed by atoms with E-state index in [0.29, 0.717) is 6.04 Å². The number of amides is 1. The summed E-state index contributed by atoms with van der Waals surface area (Å²) in [7, 11) is 1.94. The number of fused-ring (bicyclic) bond motifs is 1. The molecule has 0 radical (unpaired) electrons. The van der Waals surface area contributed by atoms with Gasteiger partial charge in [0.25, 0.3) is 5.91 Å². The number of nitrogens with zero attached hydrogens (tertiary/aromatic N) is 2. The van der Waals surface area contributed by atoms with E-state index in [2.05, 4.69) is 24.0 Å². The highest BCUT2D eigenvalue weighted by Gasteiger charge is 2.24. The third-order valence-electron chi connectivity index (χ3n) is 4.83. The van der Waals surface area contributed by atoms with Crippen molar-refractivity contribution in [2.75, 3.05) is 7.05 Å². The minimum atomic E-state index is 0.111. The van der Waals surface area contributed by atoms with Crippen molar-refractivity contribution in [2.24, 2.45) is 0 Å². The van der Waals surface area contributed by atoms with Crippen molar-refractivity contribution in [1.82, 2.24) is 9.88 Å². The SMILES string of the molecule is Cc1ccc2nc(C)c(C(=O)N(C)C3CCCCC3)cc2c1. The zero-order valence-corrected chi connectivity index (χ0v) is 13.7. The normalized spacial score (nSPS) is 16.0. The van der Waals surface area contributed by atoms with E-state index in [0.717, 1.165) is 35.0 Å². The number of carbonyl (C=O) groups is 1. The second-order valence-corrected chi connectivity index (χ2v) is 6.53. The van der Waals surface area contributed by atoms with Gasteiger partial charge < -0.3 is 4.90 Å². The van der Waals surface area contributed by atoms with Gasteiger partial charge in [-0.2, -0.15) is 0 Å². The molecule has 0 atom stereocenters. The van der Waals surface area contributed by atoms with Gasteiger partial charge in [-0.1, -0.05) is 30.9 Å². The largest absolute Gasteiger partial charge is 0.339 e. The molecule has 1 heterocycles. The molecule has 0 unspecified atom stereocenters. The van der Waals surface area contributed by atoms with Crippen LogP contribution in [-0.4, -0.2) is 28.9 Å². The highest BCUT2D eigenvalue weighted by Crippen LogP contribution is 2.25. The van der Waals surface area contributed by atoms with Crippen LogP contribution in [0.3, 0.4) is 0 Å². The van der Waals surface area contributed by atoms with Crippen LogP contribution in [0.5, 0.6) is 0 Å². The molecule has 3 heteroatoms. The zero-order chi connectivity index (χ0) is 15.7. The summed E-state index contributed by atoms with van der Waals surface area (Å²) in [5.74, 6) is 0.111. The second-order valence-electron chi connectivity index (χ2n) is 6.53. The minimum absolute atomic E-state index is 0.111. The summed E-state index contributed by atoms with van der Waals surface area (Å²) in [5.41, 5.74) is 3.72. The number of carbonyl (C=O) groups excluding carboxylic acids is 1. The van der Waals surface area contributed by atoms with Gasteiger partial charge in [-0.25, -0.2) is 0 Å². The standard InChI is InChI=1S/C19H24N2O/c1-13-9-10-18-15(11-13)12-17(14(2)20-18)19(22)21(3)16-7-5-4-6-8-16/h9-12,16H,4-8H2,1-3H3. The van der Waals surface area contributed by atoms with E-state index in [1.807, 2.05) is 31.0 Å². The molecular formula is C19H24N2O. The van der Waals surface area contributed by atoms with Crippen LogP contribution in [0.4, 0.5) is 0 Å². The maximum atomic E-state index is 12.9. The molecule has 22 heavy (non-hydrogen) atoms. The summed E-state index contributed by atoms with van der Waals surface area (Å²) in [6.45, 7) is 4.00. The molecule has 1 aromatic carbocycles. The van der Waals surface area contributed by atoms with Crippen molar-refractivity contribution < 1.29 is 4.79 Å². The van der Waals surface area contributed by atoms with Crippen LogP contribution >= 0.6 is 0 Å². The van der Waals surface area contributed by atoms with Crippen molar-refractivity contribution in [3.8, 4) is 0 Å². The van der Waals surface area contributed by atoms with Crippen LogP contribution in [0.2, 0.25) is 0 Å². The fourth-order valence-corrected chi connectivity index (χ4v) is 3.43. The number of aromatic nitrogens is 1. The topological polar surface area (TPSA) is 33.2 Å². The molecule has 0 aliphatic heterocycles. The number of aryl methyl sites for hydroxylation is 2. The van der Waals surface area contributed by atoms with Crippen molar-refractivity contribution in [3.05, 3.63) is 41.1 Å². The van der Waals surface area contributed by atoms with Crippen LogP contribution in [0.15, 0.2) is 24.3 Å². The number of pyridine rings is 1. The van der Waals surface area contributed by atoms with E-state index < -0.39 is 0 Å². The molecular weight excluding hydrogens is 272 g/mol. The predicted octanol–water partition coefficient (Wildman–Crippen LogP) is 4.26. The van der Waals surface area contributed by atoms with E-state index in [1.165, 1.54) is 24.8 Å². The molecule has 0 N–H and O–H groups in total. The molecule has 0 spiro atoms. The molecule has 1 amide bonds. The van der Waals surface area contributed by atoms with Crippen LogP contribution in [-0.2, 0) is 0 Å². The molecule has 2 aromatic rings. The third kappa shape index (κ3) is 2.85. The first-order valence-corrected chi connectivity index (χ1v) is 8.21. The van der Waals surface area contributed by atoms with Gasteiger partial charge in [0.15, 0.2) is 0 Å². The lowest BCUT2D eigenvalue weighted by Gasteiger charge is -2.31.